The number of nitrogens with one attached hydrogen (secondary N) is 2. The van der Waals surface area contributed by atoms with E-state index in [4.69, 9.17) is 9.47 Å². The minimum Gasteiger partial charge on any atom is -0.493 e. The highest BCUT2D eigenvalue weighted by molar-refractivity contribution is 5.96. The molecule has 0 saturated carbocycles. The van der Waals surface area contributed by atoms with E-state index in [0.29, 0.717) is 29.2 Å². The van der Waals surface area contributed by atoms with Gasteiger partial charge < -0.3 is 19.8 Å². The van der Waals surface area contributed by atoms with E-state index in [2.05, 4.69) is 15.3 Å². The predicted molar refractivity (Wildman–Crippen MR) is 117 cm³/mol. The van der Waals surface area contributed by atoms with Crippen molar-refractivity contribution < 1.29 is 18.7 Å². The molecule has 6 nitrogen and oxygen atoms in total. The number of rotatable bonds is 7. The third-order valence-electron chi connectivity index (χ3n) is 5.01. The van der Waals surface area contributed by atoms with Crippen molar-refractivity contribution in [3.05, 3.63) is 83.6 Å². The van der Waals surface area contributed by atoms with Gasteiger partial charge in [0.05, 0.1) is 13.5 Å². The van der Waals surface area contributed by atoms with Crippen molar-refractivity contribution in [1.82, 2.24) is 9.97 Å². The fourth-order valence-corrected chi connectivity index (χ4v) is 3.46. The van der Waals surface area contributed by atoms with Crippen LogP contribution in [-0.2, 0) is 17.8 Å². The van der Waals surface area contributed by atoms with Crippen molar-refractivity contribution in [3.63, 3.8) is 0 Å². The summed E-state index contributed by atoms with van der Waals surface area (Å²) in [4.78, 5) is 19.9. The Kier molecular flexibility index (Phi) is 5.84. The van der Waals surface area contributed by atoms with Crippen molar-refractivity contribution >= 4 is 22.5 Å². The zero-order chi connectivity index (χ0) is 21.8. The molecule has 0 radical (unpaired) electrons. The van der Waals surface area contributed by atoms with Gasteiger partial charge in [-0.1, -0.05) is 0 Å². The van der Waals surface area contributed by atoms with E-state index in [-0.39, 0.29) is 18.1 Å². The summed E-state index contributed by atoms with van der Waals surface area (Å²) in [5, 5.41) is 3.60. The van der Waals surface area contributed by atoms with Gasteiger partial charge in [-0.2, -0.15) is 0 Å². The second-order valence-corrected chi connectivity index (χ2v) is 7.15. The summed E-state index contributed by atoms with van der Waals surface area (Å²) >= 11 is 0. The molecule has 0 unspecified atom stereocenters. The van der Waals surface area contributed by atoms with Crippen molar-refractivity contribution in [3.8, 4) is 11.5 Å². The Labute approximate surface area is 179 Å². The first-order valence-corrected chi connectivity index (χ1v) is 9.80. The van der Waals surface area contributed by atoms with Crippen molar-refractivity contribution in [2.45, 2.75) is 20.0 Å². The number of nitrogens with zero attached hydrogens (tertiary/aromatic N) is 1. The van der Waals surface area contributed by atoms with Crippen LogP contribution in [-0.4, -0.2) is 23.0 Å². The van der Waals surface area contributed by atoms with Crippen LogP contribution < -0.4 is 14.8 Å². The first kappa shape index (κ1) is 20.4. The smallest absolute Gasteiger partial charge is 0.228 e. The number of ether oxygens (including phenoxy) is 2. The largest absolute Gasteiger partial charge is 0.493 e. The van der Waals surface area contributed by atoms with E-state index >= 15 is 0 Å². The van der Waals surface area contributed by atoms with Crippen LogP contribution in [0, 0.1) is 12.7 Å². The number of carbonyl (C=O) groups is 1. The monoisotopic (exact) mass is 419 g/mol. The fraction of sp³-hybridized carbons (Fsp3) is 0.167. The van der Waals surface area contributed by atoms with E-state index in [1.807, 2.05) is 19.1 Å². The lowest BCUT2D eigenvalue weighted by atomic mass is 10.1. The lowest BCUT2D eigenvalue weighted by molar-refractivity contribution is -0.115. The number of aryl methyl sites for hydroxylation is 1. The molecule has 0 bridgehead atoms. The van der Waals surface area contributed by atoms with Gasteiger partial charge in [-0.15, -0.1) is 0 Å². The number of amides is 1. The Morgan fingerprint density at radius 2 is 1.90 bits per heavy atom. The zero-order valence-corrected chi connectivity index (χ0v) is 17.2. The molecule has 0 atom stereocenters. The van der Waals surface area contributed by atoms with Gasteiger partial charge in [0.25, 0.3) is 0 Å². The van der Waals surface area contributed by atoms with Crippen LogP contribution in [0.4, 0.5) is 10.1 Å². The van der Waals surface area contributed by atoms with Crippen molar-refractivity contribution in [2.24, 2.45) is 0 Å². The third kappa shape index (κ3) is 4.66. The molecule has 4 rings (SSSR count). The molecule has 2 aromatic carbocycles. The molecule has 2 heterocycles. The summed E-state index contributed by atoms with van der Waals surface area (Å²) in [5.41, 5.74) is 3.97. The number of pyridine rings is 1. The maximum absolute atomic E-state index is 13.7. The van der Waals surface area contributed by atoms with Crippen LogP contribution in [0.3, 0.4) is 0 Å². The summed E-state index contributed by atoms with van der Waals surface area (Å²) in [5.74, 6) is 0.537. The quantitative estimate of drug-likeness (QED) is 0.452. The molecule has 4 aromatic rings. The Balaban J connectivity index is 1.49. The maximum atomic E-state index is 13.7. The van der Waals surface area contributed by atoms with Crippen molar-refractivity contribution in [1.29, 1.82) is 0 Å². The molecular weight excluding hydrogens is 397 g/mol. The Hall–Kier alpha value is -3.87. The topological polar surface area (TPSA) is 76.2 Å². The molecule has 158 valence electrons. The molecule has 31 heavy (non-hydrogen) atoms. The highest BCUT2D eigenvalue weighted by atomic mass is 19.1. The van der Waals surface area contributed by atoms with Gasteiger partial charge in [0.2, 0.25) is 5.91 Å². The van der Waals surface area contributed by atoms with Crippen LogP contribution in [0.1, 0.15) is 16.8 Å². The molecule has 1 amide bonds. The van der Waals surface area contributed by atoms with Gasteiger partial charge in [-0.05, 0) is 60.5 Å². The maximum Gasteiger partial charge on any atom is 0.228 e. The highest BCUT2D eigenvalue weighted by Crippen LogP contribution is 2.31. The molecule has 0 aliphatic rings. The Morgan fingerprint density at radius 1 is 1.10 bits per heavy atom. The normalized spacial score (nSPS) is 10.8. The highest BCUT2D eigenvalue weighted by Gasteiger charge is 2.14. The summed E-state index contributed by atoms with van der Waals surface area (Å²) < 4.78 is 24.9. The number of anilines is 1. The standard InChI is InChI=1S/C24H22FN3O3/c1-15-19(20-11-17(25)3-5-21(20)27-15)13-24(29)28-18-4-6-22(30-2)23(12-18)31-14-16-7-9-26-10-8-16/h3-12,27H,13-14H2,1-2H3,(H,28,29). The van der Waals surface area contributed by atoms with Gasteiger partial charge in [-0.25, -0.2) is 4.39 Å². The molecule has 0 aliphatic carbocycles. The van der Waals surface area contributed by atoms with Crippen LogP contribution in [0.5, 0.6) is 11.5 Å². The van der Waals surface area contributed by atoms with Crippen LogP contribution in [0.2, 0.25) is 0 Å². The molecule has 0 fully saturated rings. The van der Waals surface area contributed by atoms with Gasteiger partial charge in [0.1, 0.15) is 12.4 Å². The fourth-order valence-electron chi connectivity index (χ4n) is 3.46. The SMILES string of the molecule is COc1ccc(NC(=O)Cc2c(C)[nH]c3ccc(F)cc23)cc1OCc1ccncc1. The number of hydrogen-bond acceptors (Lipinski definition) is 4. The zero-order valence-electron chi connectivity index (χ0n) is 17.2. The van der Waals surface area contributed by atoms with Crippen molar-refractivity contribution in [2.75, 3.05) is 12.4 Å². The second-order valence-electron chi connectivity index (χ2n) is 7.15. The van der Waals surface area contributed by atoms with Crippen LogP contribution in [0.15, 0.2) is 60.9 Å². The first-order valence-electron chi connectivity index (χ1n) is 9.80. The van der Waals surface area contributed by atoms with Gasteiger partial charge in [-0.3, -0.25) is 9.78 Å². The number of carbonyl (C=O) groups excluding carboxylic acids is 1. The number of aromatic amines is 1. The molecular formula is C24H22FN3O3. The van der Waals surface area contributed by atoms with Gasteiger partial charge in [0, 0.05) is 40.7 Å². The molecule has 0 aliphatic heterocycles. The third-order valence-corrected chi connectivity index (χ3v) is 5.01. The number of fused-ring (bicyclic) bond motifs is 1. The molecule has 7 heteroatoms. The Bertz CT molecular complexity index is 1220. The number of hydrogen-bond donors (Lipinski definition) is 2. The number of H-pyrrole nitrogens is 1. The Morgan fingerprint density at radius 3 is 2.68 bits per heavy atom. The average Bonchev–Trinajstić information content (AvgIpc) is 3.07. The van der Waals surface area contributed by atoms with Crippen LogP contribution >= 0.6 is 0 Å². The second kappa shape index (κ2) is 8.87. The summed E-state index contributed by atoms with van der Waals surface area (Å²) in [6.45, 7) is 2.22. The lowest BCUT2D eigenvalue weighted by Gasteiger charge is -2.13. The predicted octanol–water partition coefficient (Wildman–Crippen LogP) is 4.78. The van der Waals surface area contributed by atoms with E-state index in [1.165, 1.54) is 12.1 Å². The number of methoxy groups -OCH3 is 1. The summed E-state index contributed by atoms with van der Waals surface area (Å²) in [6.07, 6.45) is 3.52. The first-order chi connectivity index (χ1) is 15.0. The number of benzene rings is 2. The molecule has 0 saturated heterocycles. The minimum absolute atomic E-state index is 0.120. The van der Waals surface area contributed by atoms with E-state index in [1.54, 1.807) is 43.8 Å². The summed E-state index contributed by atoms with van der Waals surface area (Å²) in [7, 11) is 1.56. The van der Waals surface area contributed by atoms with E-state index in [9.17, 15) is 9.18 Å². The minimum atomic E-state index is -0.334. The van der Waals surface area contributed by atoms with E-state index < -0.39 is 0 Å². The van der Waals surface area contributed by atoms with E-state index in [0.717, 1.165) is 22.3 Å². The average molecular weight is 419 g/mol. The number of aromatic nitrogens is 2. The molecule has 2 N–H and O–H groups in total. The summed E-state index contributed by atoms with van der Waals surface area (Å²) in [6, 6.07) is 13.5. The van der Waals surface area contributed by atoms with Gasteiger partial charge in [0.15, 0.2) is 11.5 Å². The van der Waals surface area contributed by atoms with Gasteiger partial charge >= 0.3 is 0 Å². The number of halogens is 1. The lowest BCUT2D eigenvalue weighted by Crippen LogP contribution is -2.15. The molecule has 0 spiro atoms. The molecule has 2 aromatic heterocycles. The van der Waals surface area contributed by atoms with Crippen LogP contribution in [0.25, 0.3) is 10.9 Å².